The van der Waals surface area contributed by atoms with Gasteiger partial charge in [0, 0.05) is 26.6 Å². The number of carbonyl (C=O) groups excluding carboxylic acids is 2. The van der Waals surface area contributed by atoms with Gasteiger partial charge in [0.2, 0.25) is 5.91 Å². The number of carboxylic acid groups (broad SMARTS) is 1. The standard InChI is InChI=1S/C13H18N2O4S/c1-9(13(18)19)8-15(2)11(16)5-6-14-12(17)10-4-3-7-20-10/h3-4,7,9H,5-6,8H2,1-2H3,(H,14,17)(H,18,19). The minimum absolute atomic E-state index is 0.153. The second-order valence-electron chi connectivity index (χ2n) is 4.50. The Morgan fingerprint density at radius 2 is 2.15 bits per heavy atom. The van der Waals surface area contributed by atoms with Crippen molar-refractivity contribution in [3.05, 3.63) is 22.4 Å². The van der Waals surface area contributed by atoms with Crippen LogP contribution in [-0.4, -0.2) is 47.9 Å². The molecule has 0 saturated carbocycles. The molecular formula is C13H18N2O4S. The average molecular weight is 298 g/mol. The second-order valence-corrected chi connectivity index (χ2v) is 5.44. The van der Waals surface area contributed by atoms with Crippen LogP contribution in [0.3, 0.4) is 0 Å². The maximum absolute atomic E-state index is 11.8. The predicted molar refractivity (Wildman–Crippen MR) is 75.7 cm³/mol. The van der Waals surface area contributed by atoms with Crippen LogP contribution in [0.5, 0.6) is 0 Å². The minimum atomic E-state index is -0.935. The highest BCUT2D eigenvalue weighted by atomic mass is 32.1. The van der Waals surface area contributed by atoms with Crippen LogP contribution in [0.25, 0.3) is 0 Å². The summed E-state index contributed by atoms with van der Waals surface area (Å²) >= 11 is 1.34. The molecule has 1 rings (SSSR count). The topological polar surface area (TPSA) is 86.7 Å². The number of carbonyl (C=O) groups is 3. The van der Waals surface area contributed by atoms with E-state index in [2.05, 4.69) is 5.32 Å². The number of hydrogen-bond donors (Lipinski definition) is 2. The third-order valence-electron chi connectivity index (χ3n) is 2.76. The first-order chi connectivity index (χ1) is 9.41. The van der Waals surface area contributed by atoms with Crippen LogP contribution in [0.2, 0.25) is 0 Å². The number of nitrogens with one attached hydrogen (secondary N) is 1. The third-order valence-corrected chi connectivity index (χ3v) is 3.63. The zero-order chi connectivity index (χ0) is 15.1. The summed E-state index contributed by atoms with van der Waals surface area (Å²) in [7, 11) is 1.56. The van der Waals surface area contributed by atoms with Crippen molar-refractivity contribution in [3.8, 4) is 0 Å². The van der Waals surface area contributed by atoms with Crippen molar-refractivity contribution < 1.29 is 19.5 Å². The van der Waals surface area contributed by atoms with Gasteiger partial charge in [-0.15, -0.1) is 11.3 Å². The molecule has 6 nitrogen and oxygen atoms in total. The molecule has 7 heteroatoms. The Hall–Kier alpha value is -1.89. The largest absolute Gasteiger partial charge is 0.481 e. The molecule has 0 aliphatic carbocycles. The van der Waals surface area contributed by atoms with Crippen LogP contribution < -0.4 is 5.32 Å². The van der Waals surface area contributed by atoms with E-state index in [9.17, 15) is 14.4 Å². The Labute approximate surface area is 121 Å². The van der Waals surface area contributed by atoms with Gasteiger partial charge in [-0.3, -0.25) is 14.4 Å². The Morgan fingerprint density at radius 1 is 1.45 bits per heavy atom. The molecule has 20 heavy (non-hydrogen) atoms. The van der Waals surface area contributed by atoms with Crippen molar-refractivity contribution in [1.29, 1.82) is 0 Å². The fraction of sp³-hybridized carbons (Fsp3) is 0.462. The molecule has 0 bridgehead atoms. The van der Waals surface area contributed by atoms with Crippen LogP contribution in [0.15, 0.2) is 17.5 Å². The van der Waals surface area contributed by atoms with Gasteiger partial charge in [-0.25, -0.2) is 0 Å². The van der Waals surface area contributed by atoms with E-state index < -0.39 is 11.9 Å². The smallest absolute Gasteiger partial charge is 0.308 e. The lowest BCUT2D eigenvalue weighted by Crippen LogP contribution is -2.36. The first kappa shape index (κ1) is 16.2. The highest BCUT2D eigenvalue weighted by Crippen LogP contribution is 2.07. The first-order valence-electron chi connectivity index (χ1n) is 6.20. The van der Waals surface area contributed by atoms with E-state index in [0.717, 1.165) is 0 Å². The average Bonchev–Trinajstić information content (AvgIpc) is 2.91. The van der Waals surface area contributed by atoms with Crippen molar-refractivity contribution in [2.24, 2.45) is 5.92 Å². The molecule has 0 aromatic carbocycles. The molecule has 0 aliphatic rings. The summed E-state index contributed by atoms with van der Waals surface area (Å²) in [6.07, 6.45) is 0.153. The van der Waals surface area contributed by atoms with E-state index in [1.807, 2.05) is 0 Å². The fourth-order valence-corrected chi connectivity index (χ4v) is 2.20. The molecule has 1 aromatic heterocycles. The fourth-order valence-electron chi connectivity index (χ4n) is 1.56. The van der Waals surface area contributed by atoms with Crippen molar-refractivity contribution in [2.45, 2.75) is 13.3 Å². The number of carboxylic acids is 1. The van der Waals surface area contributed by atoms with Crippen LogP contribution in [-0.2, 0) is 9.59 Å². The molecule has 2 N–H and O–H groups in total. The summed E-state index contributed by atoms with van der Waals surface area (Å²) in [5, 5.41) is 13.2. The summed E-state index contributed by atoms with van der Waals surface area (Å²) in [5.41, 5.74) is 0. The van der Waals surface area contributed by atoms with Gasteiger partial charge in [-0.05, 0) is 11.4 Å². The molecule has 0 spiro atoms. The Balaban J connectivity index is 2.29. The lowest BCUT2D eigenvalue weighted by molar-refractivity contribution is -0.142. The molecule has 0 aliphatic heterocycles. The molecule has 1 unspecified atom stereocenters. The maximum atomic E-state index is 11.8. The molecule has 0 fully saturated rings. The maximum Gasteiger partial charge on any atom is 0.308 e. The first-order valence-corrected chi connectivity index (χ1v) is 7.08. The summed E-state index contributed by atoms with van der Waals surface area (Å²) in [4.78, 5) is 36.0. The normalized spacial score (nSPS) is 11.7. The zero-order valence-corrected chi connectivity index (χ0v) is 12.3. The number of thiophene rings is 1. The van der Waals surface area contributed by atoms with Gasteiger partial charge >= 0.3 is 5.97 Å². The van der Waals surface area contributed by atoms with Crippen LogP contribution in [0, 0.1) is 5.92 Å². The summed E-state index contributed by atoms with van der Waals surface area (Å²) < 4.78 is 0. The van der Waals surface area contributed by atoms with E-state index >= 15 is 0 Å². The summed E-state index contributed by atoms with van der Waals surface area (Å²) in [6.45, 7) is 1.94. The highest BCUT2D eigenvalue weighted by molar-refractivity contribution is 7.12. The minimum Gasteiger partial charge on any atom is -0.481 e. The quantitative estimate of drug-likeness (QED) is 0.787. The summed E-state index contributed by atoms with van der Waals surface area (Å²) in [5.74, 6) is -1.93. The van der Waals surface area contributed by atoms with Crippen molar-refractivity contribution in [1.82, 2.24) is 10.2 Å². The van der Waals surface area contributed by atoms with Gasteiger partial charge in [0.05, 0.1) is 10.8 Å². The molecular weight excluding hydrogens is 280 g/mol. The Morgan fingerprint density at radius 3 is 2.70 bits per heavy atom. The lowest BCUT2D eigenvalue weighted by atomic mass is 10.1. The zero-order valence-electron chi connectivity index (χ0n) is 11.5. The van der Waals surface area contributed by atoms with Crippen LogP contribution >= 0.6 is 11.3 Å². The van der Waals surface area contributed by atoms with Crippen molar-refractivity contribution in [3.63, 3.8) is 0 Å². The van der Waals surface area contributed by atoms with E-state index in [1.54, 1.807) is 31.5 Å². The molecule has 110 valence electrons. The van der Waals surface area contributed by atoms with E-state index in [0.29, 0.717) is 4.88 Å². The molecule has 1 aromatic rings. The SMILES string of the molecule is CC(CN(C)C(=O)CCNC(=O)c1cccs1)C(=O)O. The summed E-state index contributed by atoms with van der Waals surface area (Å²) in [6, 6.07) is 3.49. The van der Waals surface area contributed by atoms with Gasteiger partial charge in [0.25, 0.3) is 5.91 Å². The van der Waals surface area contributed by atoms with E-state index in [1.165, 1.54) is 16.2 Å². The Kier molecular flexibility index (Phi) is 6.17. The van der Waals surface area contributed by atoms with Crippen LogP contribution in [0.1, 0.15) is 23.0 Å². The lowest BCUT2D eigenvalue weighted by Gasteiger charge is -2.19. The highest BCUT2D eigenvalue weighted by Gasteiger charge is 2.17. The van der Waals surface area contributed by atoms with E-state index in [4.69, 9.17) is 5.11 Å². The van der Waals surface area contributed by atoms with Gasteiger partial charge in [0.1, 0.15) is 0 Å². The Bertz CT molecular complexity index is 473. The number of hydrogen-bond acceptors (Lipinski definition) is 4. The second kappa shape index (κ2) is 7.64. The van der Waals surface area contributed by atoms with Gasteiger partial charge in [-0.1, -0.05) is 13.0 Å². The molecule has 2 amide bonds. The molecule has 1 atom stereocenters. The van der Waals surface area contributed by atoms with Gasteiger partial charge in [-0.2, -0.15) is 0 Å². The molecule has 0 radical (unpaired) electrons. The monoisotopic (exact) mass is 298 g/mol. The predicted octanol–water partition coefficient (Wildman–Crippen LogP) is 1.05. The van der Waals surface area contributed by atoms with Gasteiger partial charge < -0.3 is 15.3 Å². The molecule has 0 saturated heterocycles. The number of aliphatic carboxylic acids is 1. The third kappa shape index (κ3) is 5.00. The number of amides is 2. The van der Waals surface area contributed by atoms with Crippen molar-refractivity contribution >= 4 is 29.1 Å². The molecule has 1 heterocycles. The van der Waals surface area contributed by atoms with Crippen molar-refractivity contribution in [2.75, 3.05) is 20.1 Å². The van der Waals surface area contributed by atoms with Gasteiger partial charge in [0.15, 0.2) is 0 Å². The van der Waals surface area contributed by atoms with E-state index in [-0.39, 0.29) is 31.3 Å². The number of nitrogens with zero attached hydrogens (tertiary/aromatic N) is 1. The number of rotatable bonds is 7. The van der Waals surface area contributed by atoms with Crippen LogP contribution in [0.4, 0.5) is 0 Å².